The van der Waals surface area contributed by atoms with Crippen LogP contribution in [0.3, 0.4) is 0 Å². The van der Waals surface area contributed by atoms with E-state index in [2.05, 4.69) is 53.4 Å². The number of benzene rings is 1. The average Bonchev–Trinajstić information content (AvgIpc) is 3.20. The van der Waals surface area contributed by atoms with Gasteiger partial charge in [-0.3, -0.25) is 0 Å². The van der Waals surface area contributed by atoms with Gasteiger partial charge in [-0.2, -0.15) is 30.3 Å². The van der Waals surface area contributed by atoms with Crippen molar-refractivity contribution in [2.75, 3.05) is 4.90 Å². The number of fused-ring (bicyclic) bond motifs is 1. The predicted molar refractivity (Wildman–Crippen MR) is 80.4 cm³/mol. The summed E-state index contributed by atoms with van der Waals surface area (Å²) in [6, 6.07) is 27.2. The van der Waals surface area contributed by atoms with Gasteiger partial charge in [-0.1, -0.05) is 30.0 Å². The summed E-state index contributed by atoms with van der Waals surface area (Å²) in [5.41, 5.74) is 4.27. The molecule has 0 unspecified atom stereocenters. The molecular formula is C18H17FeN. The van der Waals surface area contributed by atoms with Crippen LogP contribution in [0.25, 0.3) is 0 Å². The maximum absolute atomic E-state index is 2.41. The summed E-state index contributed by atoms with van der Waals surface area (Å²) in [5.74, 6) is 0. The van der Waals surface area contributed by atoms with Crippen LogP contribution >= 0.6 is 0 Å². The number of anilines is 1. The first kappa shape index (κ1) is 14.6. The van der Waals surface area contributed by atoms with Crippen LogP contribution in [0, 0.1) is 0 Å². The normalized spacial score (nSPS) is 12.1. The van der Waals surface area contributed by atoms with Crippen LogP contribution in [-0.2, 0) is 30.2 Å². The Bertz CT molecular complexity index is 554. The van der Waals surface area contributed by atoms with Gasteiger partial charge < -0.3 is 4.90 Å². The summed E-state index contributed by atoms with van der Waals surface area (Å²) >= 11 is 0. The number of rotatable bonds is 1. The average molecular weight is 303 g/mol. The van der Waals surface area contributed by atoms with E-state index in [-0.39, 0.29) is 17.1 Å². The van der Waals surface area contributed by atoms with E-state index < -0.39 is 0 Å². The van der Waals surface area contributed by atoms with E-state index >= 15 is 0 Å². The van der Waals surface area contributed by atoms with E-state index in [4.69, 9.17) is 0 Å². The second kappa shape index (κ2) is 7.14. The number of hydrogen-bond donors (Lipinski definition) is 0. The van der Waals surface area contributed by atoms with Crippen molar-refractivity contribution in [2.24, 2.45) is 0 Å². The number of hydrogen-bond acceptors (Lipinski definition) is 1. The Balaban J connectivity index is 0.000000210. The van der Waals surface area contributed by atoms with Crippen LogP contribution in [0.5, 0.6) is 0 Å². The van der Waals surface area contributed by atoms with Gasteiger partial charge in [0.1, 0.15) is 0 Å². The van der Waals surface area contributed by atoms with Gasteiger partial charge in [0.2, 0.25) is 0 Å². The van der Waals surface area contributed by atoms with Crippen molar-refractivity contribution in [1.29, 1.82) is 0 Å². The molecule has 20 heavy (non-hydrogen) atoms. The Morgan fingerprint density at radius 2 is 1.35 bits per heavy atom. The minimum Gasteiger partial charge on any atom is -0.416 e. The summed E-state index contributed by atoms with van der Waals surface area (Å²) in [6.07, 6.45) is 0. The van der Waals surface area contributed by atoms with Gasteiger partial charge in [-0.15, -0.1) is 0 Å². The Labute approximate surface area is 131 Å². The van der Waals surface area contributed by atoms with Gasteiger partial charge in [-0.05, 0) is 11.1 Å². The molecule has 0 fully saturated rings. The number of nitrogens with zero attached hydrogens (tertiary/aromatic N) is 1. The van der Waals surface area contributed by atoms with Crippen molar-refractivity contribution in [3.63, 3.8) is 0 Å². The van der Waals surface area contributed by atoms with Crippen LogP contribution in [0.15, 0.2) is 78.9 Å². The first-order valence-corrected chi connectivity index (χ1v) is 6.63. The van der Waals surface area contributed by atoms with E-state index in [9.17, 15) is 0 Å². The molecule has 0 amide bonds. The van der Waals surface area contributed by atoms with Gasteiger partial charge in [0.15, 0.2) is 0 Å². The molecule has 4 rings (SSSR count). The Morgan fingerprint density at radius 3 is 1.80 bits per heavy atom. The zero-order valence-corrected chi connectivity index (χ0v) is 12.3. The van der Waals surface area contributed by atoms with Gasteiger partial charge in [0.25, 0.3) is 0 Å². The Morgan fingerprint density at radius 1 is 0.800 bits per heavy atom. The molecule has 2 heteroatoms. The smallest absolute Gasteiger partial charge is 0.416 e. The molecule has 0 radical (unpaired) electrons. The fourth-order valence-electron chi connectivity index (χ4n) is 2.41. The molecule has 0 saturated carbocycles. The Hall–Kier alpha value is -1.76. The largest absolute Gasteiger partial charge is 2.00 e. The van der Waals surface area contributed by atoms with Crippen molar-refractivity contribution in [1.82, 2.24) is 0 Å². The summed E-state index contributed by atoms with van der Waals surface area (Å²) < 4.78 is 0. The third kappa shape index (κ3) is 3.41. The van der Waals surface area contributed by atoms with Crippen LogP contribution in [-0.4, -0.2) is 0 Å². The molecule has 0 atom stereocenters. The molecular weight excluding hydrogens is 286 g/mol. The fourth-order valence-corrected chi connectivity index (χ4v) is 2.41. The van der Waals surface area contributed by atoms with E-state index in [1.54, 1.807) is 0 Å². The first-order valence-electron chi connectivity index (χ1n) is 6.63. The fraction of sp³-hybridized carbons (Fsp3) is 0.111. The molecule has 102 valence electrons. The molecule has 0 bridgehead atoms. The molecule has 1 aliphatic heterocycles. The maximum atomic E-state index is 2.41. The Kier molecular flexibility index (Phi) is 5.23. The summed E-state index contributed by atoms with van der Waals surface area (Å²) in [7, 11) is 0. The molecule has 1 nitrogen and oxygen atoms in total. The second-order valence-electron chi connectivity index (χ2n) is 4.73. The topological polar surface area (TPSA) is 3.24 Å². The molecule has 3 aromatic rings. The molecule has 3 aromatic carbocycles. The zero-order chi connectivity index (χ0) is 12.9. The molecule has 0 aromatic heterocycles. The maximum Gasteiger partial charge on any atom is 2.00 e. The van der Waals surface area contributed by atoms with Crippen molar-refractivity contribution < 1.29 is 17.1 Å². The minimum atomic E-state index is 0. The van der Waals surface area contributed by atoms with Crippen molar-refractivity contribution in [3.8, 4) is 0 Å². The first-order chi connectivity index (χ1) is 9.43. The second-order valence-corrected chi connectivity index (χ2v) is 4.73. The van der Waals surface area contributed by atoms with Crippen LogP contribution in [0.4, 0.5) is 5.69 Å². The van der Waals surface area contributed by atoms with Crippen molar-refractivity contribution in [3.05, 3.63) is 90.0 Å². The van der Waals surface area contributed by atoms with Gasteiger partial charge in [0.05, 0.1) is 0 Å². The third-order valence-electron chi connectivity index (χ3n) is 3.41. The summed E-state index contributed by atoms with van der Waals surface area (Å²) in [5, 5.41) is 0. The molecule has 0 spiro atoms. The van der Waals surface area contributed by atoms with Crippen LogP contribution in [0.1, 0.15) is 11.1 Å². The van der Waals surface area contributed by atoms with Gasteiger partial charge in [-0.25, -0.2) is 24.3 Å². The molecule has 0 N–H and O–H groups in total. The minimum absolute atomic E-state index is 0. The molecule has 1 heterocycles. The van der Waals surface area contributed by atoms with E-state index in [1.807, 2.05) is 30.3 Å². The summed E-state index contributed by atoms with van der Waals surface area (Å²) in [6.45, 7) is 2.11. The standard InChI is InChI=1S/C13H12N.C5H5.Fe/c1-2-6-12-10-14(9-11(12)5-1)13-7-3-4-8-13;1-2-4-5-3-1;/h1-8H,9-10H2;1-5H;/q2*-1;+2. The zero-order valence-electron chi connectivity index (χ0n) is 11.2. The van der Waals surface area contributed by atoms with Crippen LogP contribution in [0.2, 0.25) is 0 Å². The van der Waals surface area contributed by atoms with E-state index in [0.29, 0.717) is 0 Å². The molecule has 0 saturated heterocycles. The van der Waals surface area contributed by atoms with Gasteiger partial charge in [0, 0.05) is 13.1 Å². The van der Waals surface area contributed by atoms with Crippen molar-refractivity contribution in [2.45, 2.75) is 13.1 Å². The molecule has 0 aliphatic carbocycles. The molecule has 1 aliphatic rings. The quantitative estimate of drug-likeness (QED) is 0.478. The van der Waals surface area contributed by atoms with E-state index in [0.717, 1.165) is 13.1 Å². The summed E-state index contributed by atoms with van der Waals surface area (Å²) in [4.78, 5) is 2.41. The SMILES string of the molecule is [Fe+2].c1cc[cH-]c1.c1ccc2c(c1)CN([c-]1cccc1)C2. The van der Waals surface area contributed by atoms with Crippen molar-refractivity contribution >= 4 is 5.69 Å². The van der Waals surface area contributed by atoms with Gasteiger partial charge >= 0.3 is 17.1 Å². The monoisotopic (exact) mass is 303 g/mol. The van der Waals surface area contributed by atoms with Crippen LogP contribution < -0.4 is 4.90 Å². The predicted octanol–water partition coefficient (Wildman–Crippen LogP) is 4.33. The van der Waals surface area contributed by atoms with E-state index in [1.165, 1.54) is 16.8 Å². The third-order valence-corrected chi connectivity index (χ3v) is 3.41.